The molecule has 0 aromatic carbocycles. The third-order valence-corrected chi connectivity index (χ3v) is 2.65. The SMILES string of the molecule is C#CCCCNC1(C)CCOCC1. The topological polar surface area (TPSA) is 21.3 Å². The molecule has 74 valence electrons. The van der Waals surface area contributed by atoms with Gasteiger partial charge in [0.25, 0.3) is 0 Å². The molecule has 0 aliphatic carbocycles. The Balaban J connectivity index is 2.14. The van der Waals surface area contributed by atoms with E-state index in [1.165, 1.54) is 0 Å². The van der Waals surface area contributed by atoms with E-state index in [1.807, 2.05) is 0 Å². The molecule has 1 heterocycles. The first-order chi connectivity index (χ1) is 6.27. The predicted octanol–water partition coefficient (Wildman–Crippen LogP) is 1.56. The average Bonchev–Trinajstić information content (AvgIpc) is 2.14. The molecule has 0 radical (unpaired) electrons. The lowest BCUT2D eigenvalue weighted by atomic mass is 9.92. The molecule has 2 nitrogen and oxygen atoms in total. The fourth-order valence-corrected chi connectivity index (χ4v) is 1.58. The summed E-state index contributed by atoms with van der Waals surface area (Å²) >= 11 is 0. The Morgan fingerprint density at radius 2 is 2.15 bits per heavy atom. The molecule has 0 atom stereocenters. The van der Waals surface area contributed by atoms with E-state index in [4.69, 9.17) is 11.2 Å². The van der Waals surface area contributed by atoms with E-state index in [2.05, 4.69) is 18.2 Å². The van der Waals surface area contributed by atoms with Crippen molar-refractivity contribution in [2.75, 3.05) is 19.8 Å². The van der Waals surface area contributed by atoms with E-state index in [0.29, 0.717) is 0 Å². The van der Waals surface area contributed by atoms with Gasteiger partial charge in [-0.2, -0.15) is 0 Å². The van der Waals surface area contributed by atoms with Crippen LogP contribution in [-0.2, 0) is 4.74 Å². The minimum atomic E-state index is 0.285. The molecule has 1 rings (SSSR count). The molecule has 0 amide bonds. The number of unbranched alkanes of at least 4 members (excludes halogenated alkanes) is 1. The fraction of sp³-hybridized carbons (Fsp3) is 0.818. The molecular weight excluding hydrogens is 162 g/mol. The molecule has 0 aromatic rings. The molecule has 1 aliphatic rings. The molecule has 0 aromatic heterocycles. The van der Waals surface area contributed by atoms with Crippen molar-refractivity contribution >= 4 is 0 Å². The smallest absolute Gasteiger partial charge is 0.0483 e. The maximum absolute atomic E-state index is 5.32. The lowest BCUT2D eigenvalue weighted by molar-refractivity contribution is 0.0454. The molecule has 1 aliphatic heterocycles. The van der Waals surface area contributed by atoms with Crippen molar-refractivity contribution in [1.29, 1.82) is 0 Å². The molecule has 1 N–H and O–H groups in total. The largest absolute Gasteiger partial charge is 0.381 e. The third kappa shape index (κ3) is 3.80. The first kappa shape index (κ1) is 10.6. The molecule has 2 heteroatoms. The standard InChI is InChI=1S/C11H19NO/c1-3-4-5-8-12-11(2)6-9-13-10-7-11/h1,12H,4-10H2,2H3. The zero-order valence-electron chi connectivity index (χ0n) is 8.44. The van der Waals surface area contributed by atoms with Crippen molar-refractivity contribution in [3.05, 3.63) is 0 Å². The zero-order chi connectivity index (χ0) is 9.57. The second-order valence-corrected chi connectivity index (χ2v) is 3.91. The molecule has 13 heavy (non-hydrogen) atoms. The van der Waals surface area contributed by atoms with Crippen molar-refractivity contribution in [3.8, 4) is 12.3 Å². The number of rotatable bonds is 4. The summed E-state index contributed by atoms with van der Waals surface area (Å²) in [6.45, 7) is 5.07. The van der Waals surface area contributed by atoms with Crippen LogP contribution in [0.1, 0.15) is 32.6 Å². The van der Waals surface area contributed by atoms with Gasteiger partial charge in [-0.05, 0) is 32.7 Å². The van der Waals surface area contributed by atoms with Crippen LogP contribution in [0.2, 0.25) is 0 Å². The highest BCUT2D eigenvalue weighted by Crippen LogP contribution is 2.19. The fourth-order valence-electron chi connectivity index (χ4n) is 1.58. The van der Waals surface area contributed by atoms with Crippen LogP contribution in [0, 0.1) is 12.3 Å². The van der Waals surface area contributed by atoms with Gasteiger partial charge in [0, 0.05) is 25.2 Å². The maximum atomic E-state index is 5.32. The van der Waals surface area contributed by atoms with E-state index in [-0.39, 0.29) is 5.54 Å². The summed E-state index contributed by atoms with van der Waals surface area (Å²) in [4.78, 5) is 0. The van der Waals surface area contributed by atoms with Gasteiger partial charge in [0.2, 0.25) is 0 Å². The Morgan fingerprint density at radius 3 is 2.77 bits per heavy atom. The quantitative estimate of drug-likeness (QED) is 0.525. The molecule has 0 bridgehead atoms. The van der Waals surface area contributed by atoms with Gasteiger partial charge in [-0.25, -0.2) is 0 Å². The highest BCUT2D eigenvalue weighted by atomic mass is 16.5. The second-order valence-electron chi connectivity index (χ2n) is 3.91. The van der Waals surface area contributed by atoms with Crippen LogP contribution in [-0.4, -0.2) is 25.3 Å². The highest BCUT2D eigenvalue weighted by molar-refractivity contribution is 4.87. The minimum absolute atomic E-state index is 0.285. The maximum Gasteiger partial charge on any atom is 0.0483 e. The van der Waals surface area contributed by atoms with Gasteiger partial charge >= 0.3 is 0 Å². The van der Waals surface area contributed by atoms with Crippen LogP contribution in [0.5, 0.6) is 0 Å². The Morgan fingerprint density at radius 1 is 1.46 bits per heavy atom. The van der Waals surface area contributed by atoms with Crippen molar-refractivity contribution in [2.24, 2.45) is 0 Å². The lowest BCUT2D eigenvalue weighted by Gasteiger charge is -2.34. The van der Waals surface area contributed by atoms with Gasteiger partial charge < -0.3 is 10.1 Å². The van der Waals surface area contributed by atoms with Crippen LogP contribution in [0.3, 0.4) is 0 Å². The van der Waals surface area contributed by atoms with E-state index in [0.717, 1.165) is 45.4 Å². The number of hydrogen-bond donors (Lipinski definition) is 1. The number of ether oxygens (including phenoxy) is 1. The van der Waals surface area contributed by atoms with E-state index >= 15 is 0 Å². The third-order valence-electron chi connectivity index (χ3n) is 2.65. The number of terminal acetylenes is 1. The summed E-state index contributed by atoms with van der Waals surface area (Å²) < 4.78 is 5.32. The number of hydrogen-bond acceptors (Lipinski definition) is 2. The molecule has 0 unspecified atom stereocenters. The van der Waals surface area contributed by atoms with Gasteiger partial charge in [0.1, 0.15) is 0 Å². The molecule has 0 spiro atoms. The Kier molecular flexibility index (Phi) is 4.27. The molecule has 0 saturated carbocycles. The van der Waals surface area contributed by atoms with Gasteiger partial charge in [0.05, 0.1) is 0 Å². The number of nitrogens with one attached hydrogen (secondary N) is 1. The first-order valence-corrected chi connectivity index (χ1v) is 5.03. The van der Waals surface area contributed by atoms with Gasteiger partial charge in [-0.1, -0.05) is 0 Å². The minimum Gasteiger partial charge on any atom is -0.381 e. The highest BCUT2D eigenvalue weighted by Gasteiger charge is 2.25. The Bertz CT molecular complexity index is 177. The Hall–Kier alpha value is -0.520. The van der Waals surface area contributed by atoms with Crippen molar-refractivity contribution in [1.82, 2.24) is 5.32 Å². The second kappa shape index (κ2) is 5.26. The van der Waals surface area contributed by atoms with Crippen LogP contribution in [0.25, 0.3) is 0 Å². The summed E-state index contributed by atoms with van der Waals surface area (Å²) in [5, 5.41) is 3.56. The molecular formula is C11H19NO. The summed E-state index contributed by atoms with van der Waals surface area (Å²) in [6.07, 6.45) is 9.36. The summed E-state index contributed by atoms with van der Waals surface area (Å²) in [6, 6.07) is 0. The van der Waals surface area contributed by atoms with Crippen LogP contribution < -0.4 is 5.32 Å². The van der Waals surface area contributed by atoms with Crippen LogP contribution >= 0.6 is 0 Å². The van der Waals surface area contributed by atoms with Crippen molar-refractivity contribution in [2.45, 2.75) is 38.1 Å². The monoisotopic (exact) mass is 181 g/mol. The Labute approximate surface area is 81.0 Å². The van der Waals surface area contributed by atoms with Crippen molar-refractivity contribution in [3.63, 3.8) is 0 Å². The van der Waals surface area contributed by atoms with Crippen LogP contribution in [0.4, 0.5) is 0 Å². The molecule has 1 saturated heterocycles. The normalized spacial score (nSPS) is 20.9. The van der Waals surface area contributed by atoms with Crippen LogP contribution in [0.15, 0.2) is 0 Å². The summed E-state index contributed by atoms with van der Waals surface area (Å²) in [5.41, 5.74) is 0.285. The molecule has 1 fully saturated rings. The van der Waals surface area contributed by atoms with Gasteiger partial charge in [-0.15, -0.1) is 12.3 Å². The lowest BCUT2D eigenvalue weighted by Crippen LogP contribution is -2.47. The van der Waals surface area contributed by atoms with E-state index in [9.17, 15) is 0 Å². The van der Waals surface area contributed by atoms with E-state index < -0.39 is 0 Å². The average molecular weight is 181 g/mol. The predicted molar refractivity (Wildman–Crippen MR) is 54.5 cm³/mol. The first-order valence-electron chi connectivity index (χ1n) is 5.03. The summed E-state index contributed by atoms with van der Waals surface area (Å²) in [5.74, 6) is 2.65. The van der Waals surface area contributed by atoms with Gasteiger partial charge in [0.15, 0.2) is 0 Å². The van der Waals surface area contributed by atoms with Gasteiger partial charge in [-0.3, -0.25) is 0 Å². The van der Waals surface area contributed by atoms with Crippen molar-refractivity contribution < 1.29 is 4.74 Å². The zero-order valence-corrected chi connectivity index (χ0v) is 8.44. The van der Waals surface area contributed by atoms with E-state index in [1.54, 1.807) is 0 Å². The summed E-state index contributed by atoms with van der Waals surface area (Å²) in [7, 11) is 0.